The van der Waals surface area contributed by atoms with Crippen LogP contribution in [0.1, 0.15) is 48.3 Å². The number of oxazole rings is 1. The van der Waals surface area contributed by atoms with Crippen LogP contribution in [-0.4, -0.2) is 10.9 Å². The topological polar surface area (TPSA) is 107 Å². The lowest BCUT2D eigenvalue weighted by atomic mass is 10.0. The highest BCUT2D eigenvalue weighted by atomic mass is 16.3. The first-order valence-electron chi connectivity index (χ1n) is 7.35. The van der Waals surface area contributed by atoms with Crippen LogP contribution in [-0.2, 0) is 6.54 Å². The van der Waals surface area contributed by atoms with Crippen molar-refractivity contribution in [2.24, 2.45) is 11.7 Å². The van der Waals surface area contributed by atoms with Gasteiger partial charge in [0.15, 0.2) is 5.69 Å². The van der Waals surface area contributed by atoms with Crippen LogP contribution in [0.25, 0.3) is 0 Å². The van der Waals surface area contributed by atoms with Gasteiger partial charge in [-0.15, -0.1) is 0 Å². The van der Waals surface area contributed by atoms with Crippen molar-refractivity contribution in [1.82, 2.24) is 10.3 Å². The Bertz CT molecular complexity index is 639. The lowest BCUT2D eigenvalue weighted by molar-refractivity contribution is 0.0946. The van der Waals surface area contributed by atoms with E-state index in [2.05, 4.69) is 10.3 Å². The third kappa shape index (κ3) is 3.65. The van der Waals surface area contributed by atoms with Crippen molar-refractivity contribution in [3.05, 3.63) is 47.7 Å². The number of rotatable bonds is 6. The molecule has 2 atom stereocenters. The summed E-state index contributed by atoms with van der Waals surface area (Å²) in [5.41, 5.74) is 13.6. The Kier molecular flexibility index (Phi) is 5.16. The molecule has 0 saturated heterocycles. The molecule has 0 bridgehead atoms. The number of nitrogens with one attached hydrogen (secondary N) is 1. The first-order valence-corrected chi connectivity index (χ1v) is 7.35. The van der Waals surface area contributed by atoms with Crippen LogP contribution in [0.4, 0.5) is 5.69 Å². The van der Waals surface area contributed by atoms with E-state index in [-0.39, 0.29) is 23.6 Å². The Hall–Kier alpha value is -2.34. The van der Waals surface area contributed by atoms with Gasteiger partial charge in [0.05, 0.1) is 6.04 Å². The fourth-order valence-corrected chi connectivity index (χ4v) is 2.00. The number of hydrogen-bond acceptors (Lipinski definition) is 5. The number of benzene rings is 1. The molecule has 2 rings (SSSR count). The van der Waals surface area contributed by atoms with Gasteiger partial charge in [0, 0.05) is 12.2 Å². The summed E-state index contributed by atoms with van der Waals surface area (Å²) < 4.78 is 5.32. The second-order valence-electron chi connectivity index (χ2n) is 5.36. The molecule has 0 radical (unpaired) electrons. The van der Waals surface area contributed by atoms with E-state index < -0.39 is 0 Å². The fourth-order valence-electron chi connectivity index (χ4n) is 2.00. The van der Waals surface area contributed by atoms with E-state index in [0.717, 1.165) is 12.0 Å². The summed E-state index contributed by atoms with van der Waals surface area (Å²) >= 11 is 0. The van der Waals surface area contributed by atoms with Crippen molar-refractivity contribution in [3.63, 3.8) is 0 Å². The zero-order chi connectivity index (χ0) is 16.1. The Morgan fingerprint density at radius 1 is 1.41 bits per heavy atom. The fraction of sp³-hybridized carbons (Fsp3) is 0.375. The predicted molar refractivity (Wildman–Crippen MR) is 84.9 cm³/mol. The summed E-state index contributed by atoms with van der Waals surface area (Å²) in [6.45, 7) is 4.41. The van der Waals surface area contributed by atoms with Gasteiger partial charge in [-0.05, 0) is 17.5 Å². The molecule has 6 nitrogen and oxygen atoms in total. The normalized spacial score (nSPS) is 13.6. The van der Waals surface area contributed by atoms with Crippen LogP contribution < -0.4 is 16.8 Å². The zero-order valence-electron chi connectivity index (χ0n) is 12.9. The number of carbonyl (C=O) groups excluding carboxylic acids is 1. The van der Waals surface area contributed by atoms with E-state index in [9.17, 15) is 4.79 Å². The highest BCUT2D eigenvalue weighted by molar-refractivity contribution is 5.91. The maximum atomic E-state index is 12.1. The summed E-state index contributed by atoms with van der Waals surface area (Å²) in [5.74, 6) is 0.312. The molecule has 1 aromatic carbocycles. The minimum absolute atomic E-state index is 0.225. The van der Waals surface area contributed by atoms with E-state index in [4.69, 9.17) is 15.9 Å². The summed E-state index contributed by atoms with van der Waals surface area (Å²) in [5, 5.41) is 2.77. The van der Waals surface area contributed by atoms with Gasteiger partial charge in [-0.3, -0.25) is 4.79 Å². The lowest BCUT2D eigenvalue weighted by Crippen LogP contribution is -2.24. The predicted octanol–water partition coefficient (Wildman–Crippen LogP) is 2.23. The number of aromatic nitrogens is 1. The molecule has 1 amide bonds. The molecule has 1 heterocycles. The van der Waals surface area contributed by atoms with Crippen LogP contribution in [0.5, 0.6) is 0 Å². The van der Waals surface area contributed by atoms with Crippen LogP contribution in [0.3, 0.4) is 0 Å². The van der Waals surface area contributed by atoms with Crippen molar-refractivity contribution in [2.45, 2.75) is 32.9 Å². The molecular formula is C16H22N4O2. The molecule has 0 fully saturated rings. The van der Waals surface area contributed by atoms with Gasteiger partial charge in [0.1, 0.15) is 6.26 Å². The second kappa shape index (κ2) is 7.09. The molecule has 2 aromatic rings. The number of nitrogens with two attached hydrogens (primary N) is 2. The average molecular weight is 302 g/mol. The maximum Gasteiger partial charge on any atom is 0.273 e. The Labute approximate surface area is 129 Å². The highest BCUT2D eigenvalue weighted by Crippen LogP contribution is 2.21. The van der Waals surface area contributed by atoms with Crippen molar-refractivity contribution < 1.29 is 9.21 Å². The number of carbonyl (C=O) groups is 1. The Morgan fingerprint density at radius 2 is 2.14 bits per heavy atom. The quantitative estimate of drug-likeness (QED) is 0.709. The monoisotopic (exact) mass is 302 g/mol. The molecule has 0 spiro atoms. The SMILES string of the molecule is CCC(C)C(N)c1nc(C(=O)NCc2ccccc2N)co1. The first kappa shape index (κ1) is 16.0. The van der Waals surface area contributed by atoms with Crippen LogP contribution in [0.2, 0.25) is 0 Å². The van der Waals surface area contributed by atoms with Gasteiger partial charge in [-0.25, -0.2) is 4.98 Å². The summed E-state index contributed by atoms with van der Waals surface area (Å²) in [6, 6.07) is 7.07. The molecule has 22 heavy (non-hydrogen) atoms. The number of anilines is 1. The van der Waals surface area contributed by atoms with Crippen LogP contribution >= 0.6 is 0 Å². The molecule has 0 aliphatic carbocycles. The minimum Gasteiger partial charge on any atom is -0.446 e. The molecule has 5 N–H and O–H groups in total. The van der Waals surface area contributed by atoms with Crippen molar-refractivity contribution in [2.75, 3.05) is 5.73 Å². The lowest BCUT2D eigenvalue weighted by Gasteiger charge is -2.13. The third-order valence-corrected chi connectivity index (χ3v) is 3.79. The van der Waals surface area contributed by atoms with E-state index in [1.165, 1.54) is 6.26 Å². The molecule has 0 aliphatic heterocycles. The van der Waals surface area contributed by atoms with Gasteiger partial charge in [-0.1, -0.05) is 38.5 Å². The third-order valence-electron chi connectivity index (χ3n) is 3.79. The summed E-state index contributed by atoms with van der Waals surface area (Å²) in [7, 11) is 0. The summed E-state index contributed by atoms with van der Waals surface area (Å²) in [4.78, 5) is 16.3. The molecule has 0 aliphatic rings. The number of hydrogen-bond donors (Lipinski definition) is 3. The van der Waals surface area contributed by atoms with Crippen LogP contribution in [0, 0.1) is 5.92 Å². The number of nitrogen functional groups attached to an aromatic ring is 1. The van der Waals surface area contributed by atoms with Gasteiger partial charge in [0.2, 0.25) is 5.89 Å². The van der Waals surface area contributed by atoms with E-state index in [0.29, 0.717) is 18.1 Å². The largest absolute Gasteiger partial charge is 0.446 e. The van der Waals surface area contributed by atoms with Crippen molar-refractivity contribution in [1.29, 1.82) is 0 Å². The number of amides is 1. The minimum atomic E-state index is -0.311. The number of para-hydroxylation sites is 1. The van der Waals surface area contributed by atoms with Gasteiger partial charge >= 0.3 is 0 Å². The molecule has 0 saturated carbocycles. The van der Waals surface area contributed by atoms with E-state index in [1.807, 2.05) is 32.0 Å². The van der Waals surface area contributed by atoms with Gasteiger partial charge in [0.25, 0.3) is 5.91 Å². The summed E-state index contributed by atoms with van der Waals surface area (Å²) in [6.07, 6.45) is 2.25. The van der Waals surface area contributed by atoms with Crippen molar-refractivity contribution >= 4 is 11.6 Å². The van der Waals surface area contributed by atoms with Crippen molar-refractivity contribution in [3.8, 4) is 0 Å². The molecule has 2 unspecified atom stereocenters. The number of nitrogens with zero attached hydrogens (tertiary/aromatic N) is 1. The Balaban J connectivity index is 1.99. The van der Waals surface area contributed by atoms with Gasteiger partial charge < -0.3 is 21.2 Å². The smallest absolute Gasteiger partial charge is 0.273 e. The van der Waals surface area contributed by atoms with E-state index in [1.54, 1.807) is 6.07 Å². The first-order chi connectivity index (χ1) is 10.5. The molecular weight excluding hydrogens is 280 g/mol. The molecule has 118 valence electrons. The molecule has 1 aromatic heterocycles. The van der Waals surface area contributed by atoms with Gasteiger partial charge in [-0.2, -0.15) is 0 Å². The zero-order valence-corrected chi connectivity index (χ0v) is 12.9. The molecule has 6 heteroatoms. The maximum absolute atomic E-state index is 12.1. The second-order valence-corrected chi connectivity index (χ2v) is 5.36. The average Bonchev–Trinajstić information content (AvgIpc) is 3.02. The van der Waals surface area contributed by atoms with Crippen LogP contribution in [0.15, 0.2) is 34.9 Å². The van der Waals surface area contributed by atoms with E-state index >= 15 is 0 Å². The Morgan fingerprint density at radius 3 is 2.82 bits per heavy atom. The highest BCUT2D eigenvalue weighted by Gasteiger charge is 2.20. The standard InChI is InChI=1S/C16H22N4O2/c1-3-10(2)14(18)16-20-13(9-22-16)15(21)19-8-11-6-4-5-7-12(11)17/h4-7,9-10,14H,3,8,17-18H2,1-2H3,(H,19,21).